The summed E-state index contributed by atoms with van der Waals surface area (Å²) in [5, 5.41) is 0. The van der Waals surface area contributed by atoms with E-state index in [2.05, 4.69) is 4.72 Å². The summed E-state index contributed by atoms with van der Waals surface area (Å²) in [4.78, 5) is 0. The molecule has 0 heterocycles. The lowest BCUT2D eigenvalue weighted by Crippen LogP contribution is -2.27. The zero-order chi connectivity index (χ0) is 12.2. The summed E-state index contributed by atoms with van der Waals surface area (Å²) in [6.45, 7) is 1.66. The van der Waals surface area contributed by atoms with Crippen LogP contribution in [0.5, 0.6) is 0 Å². The summed E-state index contributed by atoms with van der Waals surface area (Å²) >= 11 is 0. The highest BCUT2D eigenvalue weighted by Crippen LogP contribution is 2.08. The molecular weight excluding hydrogens is 236 g/mol. The molecular formula is C10H13F2NO2S. The fraction of sp³-hybridized carbons (Fsp3) is 0.400. The fourth-order valence-corrected chi connectivity index (χ4v) is 1.83. The maximum atomic E-state index is 12.8. The molecule has 0 aromatic heterocycles. The average Bonchev–Trinajstić information content (AvgIpc) is 2.16. The molecule has 1 rings (SSSR count). The molecule has 0 amide bonds. The van der Waals surface area contributed by atoms with Crippen LogP contribution in [0.2, 0.25) is 0 Å². The Hall–Kier alpha value is -1.01. The number of rotatable bonds is 5. The third-order valence-corrected chi connectivity index (χ3v) is 3.44. The minimum absolute atomic E-state index is 0.00941. The zero-order valence-electron chi connectivity index (χ0n) is 8.83. The highest BCUT2D eigenvalue weighted by Gasteiger charge is 2.06. The van der Waals surface area contributed by atoms with Gasteiger partial charge in [-0.25, -0.2) is 21.9 Å². The third kappa shape index (κ3) is 4.24. The molecule has 0 spiro atoms. The van der Waals surface area contributed by atoms with Crippen LogP contribution in [0, 0.1) is 11.6 Å². The summed E-state index contributed by atoms with van der Waals surface area (Å²) in [6, 6.07) is 3.15. The lowest BCUT2D eigenvalue weighted by atomic mass is 10.1. The lowest BCUT2D eigenvalue weighted by molar-refractivity contribution is 0.576. The van der Waals surface area contributed by atoms with Crippen molar-refractivity contribution in [3.8, 4) is 0 Å². The van der Waals surface area contributed by atoms with Crippen molar-refractivity contribution >= 4 is 10.0 Å². The van der Waals surface area contributed by atoms with Crippen LogP contribution in [-0.2, 0) is 16.4 Å². The van der Waals surface area contributed by atoms with Gasteiger partial charge in [-0.15, -0.1) is 0 Å². The largest absolute Gasteiger partial charge is 0.215 e. The van der Waals surface area contributed by atoms with Crippen LogP contribution in [0.3, 0.4) is 0 Å². The maximum Gasteiger partial charge on any atom is 0.211 e. The smallest absolute Gasteiger partial charge is 0.211 e. The molecule has 16 heavy (non-hydrogen) atoms. The second-order valence-electron chi connectivity index (χ2n) is 3.33. The van der Waals surface area contributed by atoms with Crippen molar-refractivity contribution in [3.05, 3.63) is 35.4 Å². The SMILES string of the molecule is CCS(=O)(=O)NCCc1cc(F)cc(F)c1. The minimum atomic E-state index is -3.25. The fourth-order valence-electron chi connectivity index (χ4n) is 1.21. The molecule has 0 atom stereocenters. The Balaban J connectivity index is 2.55. The topological polar surface area (TPSA) is 46.2 Å². The monoisotopic (exact) mass is 249 g/mol. The van der Waals surface area contributed by atoms with Crippen molar-refractivity contribution in [2.24, 2.45) is 0 Å². The van der Waals surface area contributed by atoms with E-state index in [1.807, 2.05) is 0 Å². The number of nitrogens with one attached hydrogen (secondary N) is 1. The standard InChI is InChI=1S/C10H13F2NO2S/c1-2-16(14,15)13-4-3-8-5-9(11)7-10(12)6-8/h5-7,13H,2-4H2,1H3. The Bertz CT molecular complexity index is 440. The van der Waals surface area contributed by atoms with E-state index in [0.717, 1.165) is 6.07 Å². The van der Waals surface area contributed by atoms with Crippen LogP contribution in [0.1, 0.15) is 12.5 Å². The molecule has 0 aliphatic carbocycles. The maximum absolute atomic E-state index is 12.8. The van der Waals surface area contributed by atoms with Crippen molar-refractivity contribution in [2.45, 2.75) is 13.3 Å². The van der Waals surface area contributed by atoms with E-state index in [-0.39, 0.29) is 18.7 Å². The quantitative estimate of drug-likeness (QED) is 0.858. The molecule has 6 heteroatoms. The molecule has 0 radical (unpaired) electrons. The Kier molecular flexibility index (Phi) is 4.37. The molecule has 1 aromatic rings. The summed E-state index contributed by atoms with van der Waals surface area (Å²) in [5.74, 6) is -1.33. The molecule has 90 valence electrons. The van der Waals surface area contributed by atoms with Gasteiger partial charge in [0.15, 0.2) is 0 Å². The van der Waals surface area contributed by atoms with Gasteiger partial charge >= 0.3 is 0 Å². The Morgan fingerprint density at radius 1 is 1.19 bits per heavy atom. The lowest BCUT2D eigenvalue weighted by Gasteiger charge is -2.04. The molecule has 0 saturated carbocycles. The number of sulfonamides is 1. The van der Waals surface area contributed by atoms with E-state index in [4.69, 9.17) is 0 Å². The van der Waals surface area contributed by atoms with Gasteiger partial charge in [0.2, 0.25) is 10.0 Å². The molecule has 1 aromatic carbocycles. The Morgan fingerprint density at radius 2 is 1.75 bits per heavy atom. The Morgan fingerprint density at radius 3 is 2.25 bits per heavy atom. The average molecular weight is 249 g/mol. The van der Waals surface area contributed by atoms with Crippen LogP contribution >= 0.6 is 0 Å². The molecule has 0 unspecified atom stereocenters. The first kappa shape index (κ1) is 13.1. The van der Waals surface area contributed by atoms with Crippen LogP contribution in [0.25, 0.3) is 0 Å². The van der Waals surface area contributed by atoms with Crippen LogP contribution in [0.15, 0.2) is 18.2 Å². The van der Waals surface area contributed by atoms with Gasteiger partial charge in [-0.1, -0.05) is 0 Å². The number of hydrogen-bond donors (Lipinski definition) is 1. The molecule has 1 N–H and O–H groups in total. The second kappa shape index (κ2) is 5.36. The molecule has 0 aliphatic rings. The third-order valence-electron chi connectivity index (χ3n) is 2.04. The van der Waals surface area contributed by atoms with Gasteiger partial charge in [0.1, 0.15) is 11.6 Å². The highest BCUT2D eigenvalue weighted by atomic mass is 32.2. The van der Waals surface area contributed by atoms with Gasteiger partial charge in [-0.3, -0.25) is 0 Å². The van der Waals surface area contributed by atoms with E-state index in [1.54, 1.807) is 0 Å². The molecule has 0 bridgehead atoms. The van der Waals surface area contributed by atoms with Gasteiger partial charge in [0.25, 0.3) is 0 Å². The van der Waals surface area contributed by atoms with Crippen LogP contribution in [-0.4, -0.2) is 20.7 Å². The molecule has 0 saturated heterocycles. The van der Waals surface area contributed by atoms with Crippen molar-refractivity contribution in [3.63, 3.8) is 0 Å². The minimum Gasteiger partial charge on any atom is -0.215 e. The number of halogens is 2. The van der Waals surface area contributed by atoms with Crippen LogP contribution < -0.4 is 4.72 Å². The van der Waals surface area contributed by atoms with E-state index < -0.39 is 21.7 Å². The highest BCUT2D eigenvalue weighted by molar-refractivity contribution is 7.89. The normalized spacial score (nSPS) is 11.7. The van der Waals surface area contributed by atoms with Gasteiger partial charge in [0, 0.05) is 12.6 Å². The van der Waals surface area contributed by atoms with Gasteiger partial charge in [-0.2, -0.15) is 0 Å². The predicted octanol–water partition coefficient (Wildman–Crippen LogP) is 1.45. The van der Waals surface area contributed by atoms with Gasteiger partial charge < -0.3 is 0 Å². The van der Waals surface area contributed by atoms with E-state index in [1.165, 1.54) is 19.1 Å². The Labute approximate surface area is 93.5 Å². The molecule has 0 aliphatic heterocycles. The first-order valence-electron chi connectivity index (χ1n) is 4.85. The molecule has 3 nitrogen and oxygen atoms in total. The predicted molar refractivity (Wildman–Crippen MR) is 57.5 cm³/mol. The summed E-state index contributed by atoms with van der Waals surface area (Å²) < 4.78 is 50.0. The number of benzene rings is 1. The van der Waals surface area contributed by atoms with Crippen LogP contribution in [0.4, 0.5) is 8.78 Å². The van der Waals surface area contributed by atoms with Crippen molar-refractivity contribution in [1.29, 1.82) is 0 Å². The van der Waals surface area contributed by atoms with E-state index in [0.29, 0.717) is 5.56 Å². The van der Waals surface area contributed by atoms with Crippen molar-refractivity contribution in [1.82, 2.24) is 4.72 Å². The summed E-state index contributed by atoms with van der Waals surface area (Å²) in [5.41, 5.74) is 0.427. The first-order valence-corrected chi connectivity index (χ1v) is 6.50. The number of hydrogen-bond acceptors (Lipinski definition) is 2. The zero-order valence-corrected chi connectivity index (χ0v) is 9.65. The summed E-state index contributed by atoms with van der Waals surface area (Å²) in [7, 11) is -3.25. The van der Waals surface area contributed by atoms with E-state index >= 15 is 0 Å². The van der Waals surface area contributed by atoms with Crippen molar-refractivity contribution in [2.75, 3.05) is 12.3 Å². The first-order chi connectivity index (χ1) is 7.43. The summed E-state index contributed by atoms with van der Waals surface area (Å²) in [6.07, 6.45) is 0.258. The van der Waals surface area contributed by atoms with Gasteiger partial charge in [-0.05, 0) is 31.0 Å². The molecule has 0 fully saturated rings. The van der Waals surface area contributed by atoms with E-state index in [9.17, 15) is 17.2 Å². The van der Waals surface area contributed by atoms with Gasteiger partial charge in [0.05, 0.1) is 5.75 Å². The second-order valence-corrected chi connectivity index (χ2v) is 5.42. The van der Waals surface area contributed by atoms with Crippen molar-refractivity contribution < 1.29 is 17.2 Å².